The monoisotopic (exact) mass is 260 g/mol. The Labute approximate surface area is 112 Å². The highest BCUT2D eigenvalue weighted by Crippen LogP contribution is 2.54. The lowest BCUT2D eigenvalue weighted by atomic mass is 9.56. The minimum atomic E-state index is -0.651. The van der Waals surface area contributed by atoms with Crippen LogP contribution in [0.2, 0.25) is 0 Å². The molecule has 18 heavy (non-hydrogen) atoms. The van der Waals surface area contributed by atoms with Gasteiger partial charge in [-0.2, -0.15) is 0 Å². The van der Waals surface area contributed by atoms with Gasteiger partial charge in [0.1, 0.15) is 11.2 Å². The van der Waals surface area contributed by atoms with Crippen LogP contribution in [0.15, 0.2) is 0 Å². The molecule has 110 valence electrons. The zero-order chi connectivity index (χ0) is 14.8. The van der Waals surface area contributed by atoms with Crippen LogP contribution in [-0.2, 0) is 9.68 Å². The topological polar surface area (TPSA) is 70.5 Å². The first kappa shape index (κ1) is 17.8. The van der Waals surface area contributed by atoms with Crippen molar-refractivity contribution < 1.29 is 9.68 Å². The van der Waals surface area contributed by atoms with Crippen molar-refractivity contribution in [2.45, 2.75) is 79.4 Å². The minimum Gasteiger partial charge on any atom is -0.294 e. The second kappa shape index (κ2) is 5.45. The van der Waals surface area contributed by atoms with Gasteiger partial charge < -0.3 is 0 Å². The van der Waals surface area contributed by atoms with Gasteiger partial charge in [-0.1, -0.05) is 55.4 Å². The summed E-state index contributed by atoms with van der Waals surface area (Å²) < 4.78 is 0. The molecule has 0 aliphatic carbocycles. The standard InChI is InChI=1S/C14H32N2O2/c1-9-13(17-15,11(3,4)5)14(10-2,18-16)12(6,7)8/h9-10,15-16H2,1-8H3. The highest BCUT2D eigenvalue weighted by Gasteiger charge is 2.63. The molecule has 0 aliphatic heterocycles. The quantitative estimate of drug-likeness (QED) is 0.745. The van der Waals surface area contributed by atoms with Gasteiger partial charge in [-0.15, -0.1) is 0 Å². The Morgan fingerprint density at radius 3 is 0.944 bits per heavy atom. The first-order chi connectivity index (χ1) is 7.99. The Kier molecular flexibility index (Phi) is 5.40. The van der Waals surface area contributed by atoms with E-state index < -0.39 is 11.2 Å². The molecule has 0 aromatic carbocycles. The molecule has 0 saturated carbocycles. The molecule has 2 atom stereocenters. The predicted octanol–water partition coefficient (Wildman–Crippen LogP) is 3.16. The van der Waals surface area contributed by atoms with E-state index in [-0.39, 0.29) is 10.8 Å². The summed E-state index contributed by atoms with van der Waals surface area (Å²) in [6, 6.07) is 0. The molecule has 0 fully saturated rings. The summed E-state index contributed by atoms with van der Waals surface area (Å²) in [6.07, 6.45) is 1.46. The average Bonchev–Trinajstić information content (AvgIpc) is 2.22. The zero-order valence-electron chi connectivity index (χ0n) is 13.4. The fourth-order valence-electron chi connectivity index (χ4n) is 3.55. The molecule has 0 radical (unpaired) electrons. The van der Waals surface area contributed by atoms with E-state index in [2.05, 4.69) is 55.4 Å². The molecule has 0 aliphatic rings. The van der Waals surface area contributed by atoms with E-state index in [1.165, 1.54) is 0 Å². The fourth-order valence-corrected chi connectivity index (χ4v) is 3.55. The maximum atomic E-state index is 5.70. The molecule has 0 heterocycles. The molecule has 0 bridgehead atoms. The maximum absolute atomic E-state index is 5.70. The Morgan fingerprint density at radius 2 is 0.889 bits per heavy atom. The normalized spacial score (nSPS) is 20.3. The Balaban J connectivity index is 6.14. The largest absolute Gasteiger partial charge is 0.294 e. The van der Waals surface area contributed by atoms with Crippen molar-refractivity contribution in [2.24, 2.45) is 22.6 Å². The van der Waals surface area contributed by atoms with Gasteiger partial charge in [-0.3, -0.25) is 9.68 Å². The second-order valence-electron chi connectivity index (χ2n) is 7.10. The molecule has 4 heteroatoms. The van der Waals surface area contributed by atoms with Gasteiger partial charge in [-0.05, 0) is 23.7 Å². The summed E-state index contributed by atoms with van der Waals surface area (Å²) in [4.78, 5) is 11.0. The van der Waals surface area contributed by atoms with Crippen molar-refractivity contribution in [1.29, 1.82) is 0 Å². The van der Waals surface area contributed by atoms with E-state index in [1.807, 2.05) is 0 Å². The van der Waals surface area contributed by atoms with Crippen molar-refractivity contribution in [3.63, 3.8) is 0 Å². The van der Waals surface area contributed by atoms with E-state index in [4.69, 9.17) is 21.5 Å². The lowest BCUT2D eigenvalue weighted by molar-refractivity contribution is -0.293. The highest BCUT2D eigenvalue weighted by molar-refractivity contribution is 5.12. The molecule has 0 rings (SSSR count). The van der Waals surface area contributed by atoms with Gasteiger partial charge in [0.05, 0.1) is 0 Å². The first-order valence-corrected chi connectivity index (χ1v) is 6.75. The maximum Gasteiger partial charge on any atom is 0.125 e. The third-order valence-electron chi connectivity index (χ3n) is 4.47. The highest BCUT2D eigenvalue weighted by atomic mass is 16.7. The number of hydrogen-bond acceptors (Lipinski definition) is 4. The lowest BCUT2D eigenvalue weighted by Gasteiger charge is -2.59. The molecule has 4 nitrogen and oxygen atoms in total. The molecule has 0 aromatic heterocycles. The molecule has 2 unspecified atom stereocenters. The molecule has 0 spiro atoms. The fraction of sp³-hybridized carbons (Fsp3) is 1.00. The molecular formula is C14H32N2O2. The van der Waals surface area contributed by atoms with Crippen LogP contribution < -0.4 is 11.8 Å². The summed E-state index contributed by atoms with van der Waals surface area (Å²) in [7, 11) is 0. The van der Waals surface area contributed by atoms with Gasteiger partial charge in [-0.25, -0.2) is 11.8 Å². The van der Waals surface area contributed by atoms with E-state index in [1.54, 1.807) is 0 Å². The zero-order valence-corrected chi connectivity index (χ0v) is 13.4. The van der Waals surface area contributed by atoms with Crippen molar-refractivity contribution in [2.75, 3.05) is 0 Å². The third-order valence-corrected chi connectivity index (χ3v) is 4.47. The summed E-state index contributed by atoms with van der Waals surface area (Å²) in [5.41, 5.74) is -1.69. The van der Waals surface area contributed by atoms with Crippen LogP contribution in [0.4, 0.5) is 0 Å². The lowest BCUT2D eigenvalue weighted by Crippen LogP contribution is -2.70. The minimum absolute atomic E-state index is 0.195. The first-order valence-electron chi connectivity index (χ1n) is 6.75. The smallest absolute Gasteiger partial charge is 0.125 e. The van der Waals surface area contributed by atoms with Crippen LogP contribution >= 0.6 is 0 Å². The number of nitrogens with two attached hydrogens (primary N) is 2. The Morgan fingerprint density at radius 1 is 0.667 bits per heavy atom. The van der Waals surface area contributed by atoms with Crippen molar-refractivity contribution in [1.82, 2.24) is 0 Å². The summed E-state index contributed by atoms with van der Waals surface area (Å²) in [5.74, 6) is 11.4. The molecule has 0 amide bonds. The van der Waals surface area contributed by atoms with Crippen LogP contribution in [0.5, 0.6) is 0 Å². The predicted molar refractivity (Wildman–Crippen MR) is 75.5 cm³/mol. The molecule has 4 N–H and O–H groups in total. The van der Waals surface area contributed by atoms with Crippen LogP contribution in [0.25, 0.3) is 0 Å². The van der Waals surface area contributed by atoms with Crippen molar-refractivity contribution in [3.8, 4) is 0 Å². The van der Waals surface area contributed by atoms with Crippen LogP contribution in [-0.4, -0.2) is 11.2 Å². The van der Waals surface area contributed by atoms with Crippen LogP contribution in [0, 0.1) is 10.8 Å². The molecular weight excluding hydrogens is 228 g/mol. The molecule has 0 aromatic rings. The van der Waals surface area contributed by atoms with E-state index >= 15 is 0 Å². The Hall–Kier alpha value is -0.160. The summed E-state index contributed by atoms with van der Waals surface area (Å²) in [5, 5.41) is 0. The van der Waals surface area contributed by atoms with E-state index in [0.717, 1.165) is 12.8 Å². The van der Waals surface area contributed by atoms with Crippen molar-refractivity contribution in [3.05, 3.63) is 0 Å². The van der Waals surface area contributed by atoms with Crippen molar-refractivity contribution >= 4 is 0 Å². The van der Waals surface area contributed by atoms with E-state index in [9.17, 15) is 0 Å². The van der Waals surface area contributed by atoms with Gasteiger partial charge in [0.2, 0.25) is 0 Å². The second-order valence-corrected chi connectivity index (χ2v) is 7.10. The van der Waals surface area contributed by atoms with Crippen LogP contribution in [0.3, 0.4) is 0 Å². The van der Waals surface area contributed by atoms with Gasteiger partial charge >= 0.3 is 0 Å². The summed E-state index contributed by atoms with van der Waals surface area (Å²) in [6.45, 7) is 16.8. The summed E-state index contributed by atoms with van der Waals surface area (Å²) >= 11 is 0. The van der Waals surface area contributed by atoms with Gasteiger partial charge in [0, 0.05) is 0 Å². The SMILES string of the molecule is CCC(ON)(C(C)(C)C)C(CC)(ON)C(C)(C)C. The number of rotatable bonds is 5. The average molecular weight is 260 g/mol. The van der Waals surface area contributed by atoms with Gasteiger partial charge in [0.15, 0.2) is 0 Å². The number of hydrogen-bond donors (Lipinski definition) is 2. The molecule has 0 saturated heterocycles. The van der Waals surface area contributed by atoms with E-state index in [0.29, 0.717) is 0 Å². The Bertz CT molecular complexity index is 228. The van der Waals surface area contributed by atoms with Crippen LogP contribution in [0.1, 0.15) is 68.2 Å². The van der Waals surface area contributed by atoms with Gasteiger partial charge in [0.25, 0.3) is 0 Å². The third kappa shape index (κ3) is 2.31.